The third kappa shape index (κ3) is 2.77. The van der Waals surface area contributed by atoms with Gasteiger partial charge in [0.2, 0.25) is 5.13 Å². The van der Waals surface area contributed by atoms with E-state index in [1.807, 2.05) is 6.92 Å². The highest BCUT2D eigenvalue weighted by molar-refractivity contribution is 7.15. The molecule has 0 fully saturated rings. The number of hydrogen-bond donors (Lipinski definition) is 1. The van der Waals surface area contributed by atoms with Gasteiger partial charge in [-0.2, -0.15) is 5.10 Å². The first-order valence-corrected chi connectivity index (χ1v) is 4.93. The highest BCUT2D eigenvalue weighted by Crippen LogP contribution is 2.27. The number of nitrogens with one attached hydrogen (secondary N) is 1. The first-order valence-electron chi connectivity index (χ1n) is 4.11. The summed E-state index contributed by atoms with van der Waals surface area (Å²) in [7, 11) is 0. The third-order valence-corrected chi connectivity index (χ3v) is 2.61. The molecule has 0 unspecified atom stereocenters. The molecule has 0 atom stereocenters. The lowest BCUT2D eigenvalue weighted by Crippen LogP contribution is -2.10. The topological polar surface area (TPSA) is 50.2 Å². The largest absolute Gasteiger partial charge is 0.252 e. The Kier molecular flexibility index (Phi) is 2.98. The summed E-state index contributed by atoms with van der Waals surface area (Å²) in [6.07, 6.45) is 1.68. The van der Waals surface area contributed by atoms with E-state index in [9.17, 15) is 0 Å². The van der Waals surface area contributed by atoms with Gasteiger partial charge in [0.15, 0.2) is 0 Å². The summed E-state index contributed by atoms with van der Waals surface area (Å²) < 4.78 is 0. The predicted octanol–water partition coefficient (Wildman–Crippen LogP) is 2.25. The van der Waals surface area contributed by atoms with Crippen LogP contribution in [0.5, 0.6) is 0 Å². The number of rotatable bonds is 2. The van der Waals surface area contributed by atoms with Crippen LogP contribution in [0.15, 0.2) is 5.10 Å². The zero-order valence-corrected chi connectivity index (χ0v) is 9.14. The lowest BCUT2D eigenvalue weighted by atomic mass is 9.98. The maximum Gasteiger partial charge on any atom is 0.225 e. The van der Waals surface area contributed by atoms with Gasteiger partial charge in [-0.3, -0.25) is 5.43 Å². The molecule has 0 aliphatic carbocycles. The molecule has 0 aliphatic heterocycles. The van der Waals surface area contributed by atoms with Crippen LogP contribution in [0.1, 0.15) is 32.7 Å². The Morgan fingerprint density at radius 3 is 2.54 bits per heavy atom. The predicted molar refractivity (Wildman–Crippen MR) is 56.4 cm³/mol. The highest BCUT2D eigenvalue weighted by Gasteiger charge is 2.18. The fraction of sp³-hybridized carbons (Fsp3) is 0.625. The molecule has 1 N–H and O–H groups in total. The second-order valence-corrected chi connectivity index (χ2v) is 4.64. The molecule has 0 radical (unpaired) electrons. The van der Waals surface area contributed by atoms with Crippen LogP contribution in [0.25, 0.3) is 0 Å². The first-order chi connectivity index (χ1) is 6.04. The molecule has 72 valence electrons. The monoisotopic (exact) mass is 198 g/mol. The maximum atomic E-state index is 4.07. The van der Waals surface area contributed by atoms with Gasteiger partial charge < -0.3 is 0 Å². The van der Waals surface area contributed by atoms with Gasteiger partial charge in [0.1, 0.15) is 5.01 Å². The molecule has 4 nitrogen and oxygen atoms in total. The van der Waals surface area contributed by atoms with E-state index in [1.165, 1.54) is 11.3 Å². The minimum absolute atomic E-state index is 0.0630. The van der Waals surface area contributed by atoms with Crippen molar-refractivity contribution in [1.29, 1.82) is 0 Å². The van der Waals surface area contributed by atoms with E-state index in [0.29, 0.717) is 0 Å². The van der Waals surface area contributed by atoms with Crippen molar-refractivity contribution >= 4 is 22.7 Å². The molecule has 0 saturated heterocycles. The lowest BCUT2D eigenvalue weighted by molar-refractivity contribution is 0.578. The van der Waals surface area contributed by atoms with Gasteiger partial charge in [-0.15, -0.1) is 10.2 Å². The summed E-state index contributed by atoms with van der Waals surface area (Å²) in [5.41, 5.74) is 2.86. The fourth-order valence-electron chi connectivity index (χ4n) is 0.691. The van der Waals surface area contributed by atoms with E-state index in [1.54, 1.807) is 6.21 Å². The SMILES string of the molecule is CC=NNc1nnc(C(C)(C)C)s1. The van der Waals surface area contributed by atoms with Gasteiger partial charge in [0.25, 0.3) is 0 Å². The summed E-state index contributed by atoms with van der Waals surface area (Å²) >= 11 is 1.53. The summed E-state index contributed by atoms with van der Waals surface area (Å²) in [4.78, 5) is 0. The Labute approximate surface area is 82.1 Å². The molecular weight excluding hydrogens is 184 g/mol. The fourth-order valence-corrected chi connectivity index (χ4v) is 1.44. The van der Waals surface area contributed by atoms with Crippen molar-refractivity contribution in [3.8, 4) is 0 Å². The highest BCUT2D eigenvalue weighted by atomic mass is 32.1. The van der Waals surface area contributed by atoms with Crippen molar-refractivity contribution in [3.05, 3.63) is 5.01 Å². The van der Waals surface area contributed by atoms with E-state index >= 15 is 0 Å². The van der Waals surface area contributed by atoms with Crippen LogP contribution in [0, 0.1) is 0 Å². The smallest absolute Gasteiger partial charge is 0.225 e. The lowest BCUT2D eigenvalue weighted by Gasteiger charge is -2.11. The van der Waals surface area contributed by atoms with E-state index < -0.39 is 0 Å². The van der Waals surface area contributed by atoms with Crippen LogP contribution in [0.4, 0.5) is 5.13 Å². The maximum absolute atomic E-state index is 4.07. The zero-order valence-electron chi connectivity index (χ0n) is 8.33. The van der Waals surface area contributed by atoms with Crippen molar-refractivity contribution in [2.24, 2.45) is 5.10 Å². The molecule has 13 heavy (non-hydrogen) atoms. The van der Waals surface area contributed by atoms with Crippen molar-refractivity contribution in [3.63, 3.8) is 0 Å². The van der Waals surface area contributed by atoms with Crippen molar-refractivity contribution < 1.29 is 0 Å². The Morgan fingerprint density at radius 2 is 2.08 bits per heavy atom. The van der Waals surface area contributed by atoms with E-state index in [2.05, 4.69) is 41.5 Å². The van der Waals surface area contributed by atoms with E-state index in [0.717, 1.165) is 10.1 Å². The molecule has 1 heterocycles. The van der Waals surface area contributed by atoms with Crippen molar-refractivity contribution in [2.45, 2.75) is 33.1 Å². The van der Waals surface area contributed by atoms with Gasteiger partial charge >= 0.3 is 0 Å². The van der Waals surface area contributed by atoms with E-state index in [4.69, 9.17) is 0 Å². The molecule has 5 heteroatoms. The molecule has 1 aromatic rings. The zero-order chi connectivity index (χ0) is 9.90. The van der Waals surface area contributed by atoms with Crippen molar-refractivity contribution in [2.75, 3.05) is 5.43 Å². The molecular formula is C8H14N4S. The third-order valence-electron chi connectivity index (χ3n) is 1.36. The minimum atomic E-state index is 0.0630. The van der Waals surface area contributed by atoms with Gasteiger partial charge in [-0.1, -0.05) is 32.1 Å². The Balaban J connectivity index is 2.75. The minimum Gasteiger partial charge on any atom is -0.252 e. The summed E-state index contributed by atoms with van der Waals surface area (Å²) in [5, 5.41) is 13.7. The molecule has 0 spiro atoms. The van der Waals surface area contributed by atoms with Crippen LogP contribution < -0.4 is 5.43 Å². The standard InChI is InChI=1S/C8H14N4S/c1-5-9-11-7-12-10-6(13-7)8(2,3)4/h5H,1-4H3,(H,11,12). The number of hydrogen-bond acceptors (Lipinski definition) is 5. The number of aromatic nitrogens is 2. The van der Waals surface area contributed by atoms with Crippen LogP contribution in [0.3, 0.4) is 0 Å². The first kappa shape index (κ1) is 10.1. The Morgan fingerprint density at radius 1 is 1.38 bits per heavy atom. The molecule has 1 aromatic heterocycles. The molecule has 0 amide bonds. The number of hydrazone groups is 1. The second kappa shape index (κ2) is 3.83. The quantitative estimate of drug-likeness (QED) is 0.585. The summed E-state index contributed by atoms with van der Waals surface area (Å²) in [6, 6.07) is 0. The molecule has 0 aliphatic rings. The van der Waals surface area contributed by atoms with Crippen LogP contribution in [-0.2, 0) is 5.41 Å². The van der Waals surface area contributed by atoms with Crippen LogP contribution >= 0.6 is 11.3 Å². The summed E-state index contributed by atoms with van der Waals surface area (Å²) in [6.45, 7) is 8.18. The van der Waals surface area contributed by atoms with Gasteiger partial charge in [-0.25, -0.2) is 0 Å². The van der Waals surface area contributed by atoms with Crippen molar-refractivity contribution in [1.82, 2.24) is 10.2 Å². The molecule has 0 aromatic carbocycles. The molecule has 0 saturated carbocycles. The van der Waals surface area contributed by atoms with Gasteiger partial charge in [0.05, 0.1) is 0 Å². The molecule has 0 bridgehead atoms. The average molecular weight is 198 g/mol. The number of nitrogens with zero attached hydrogens (tertiary/aromatic N) is 3. The Hall–Kier alpha value is -0.970. The van der Waals surface area contributed by atoms with Crippen LogP contribution in [0.2, 0.25) is 0 Å². The van der Waals surface area contributed by atoms with Gasteiger partial charge in [-0.05, 0) is 6.92 Å². The van der Waals surface area contributed by atoms with Crippen LogP contribution in [-0.4, -0.2) is 16.4 Å². The average Bonchev–Trinajstić information content (AvgIpc) is 2.47. The van der Waals surface area contributed by atoms with Gasteiger partial charge in [0, 0.05) is 11.6 Å². The second-order valence-electron chi connectivity index (χ2n) is 3.66. The van der Waals surface area contributed by atoms with E-state index in [-0.39, 0.29) is 5.41 Å². The Bertz CT molecular complexity index is 297. The molecule has 1 rings (SSSR count). The normalized spacial score (nSPS) is 12.3. The summed E-state index contributed by atoms with van der Waals surface area (Å²) in [5.74, 6) is 0. The number of anilines is 1.